The van der Waals surface area contributed by atoms with Crippen molar-refractivity contribution in [2.75, 3.05) is 0 Å². The molecule has 90 valence electrons. The van der Waals surface area contributed by atoms with E-state index in [0.717, 1.165) is 20.9 Å². The van der Waals surface area contributed by atoms with Gasteiger partial charge in [0.05, 0.1) is 15.2 Å². The number of nitrogens with one attached hydrogen (secondary N) is 1. The van der Waals surface area contributed by atoms with Gasteiger partial charge in [-0.15, -0.1) is 11.3 Å². The molecule has 2 heterocycles. The summed E-state index contributed by atoms with van der Waals surface area (Å²) in [6.07, 6.45) is 0. The molecule has 0 bridgehead atoms. The van der Waals surface area contributed by atoms with Gasteiger partial charge in [-0.3, -0.25) is 4.79 Å². The Hall–Kier alpha value is -1.07. The summed E-state index contributed by atoms with van der Waals surface area (Å²) < 4.78 is 6.37. The standard InChI is InChI=1S/C12H12BrNO2S/c1-7-5-10(17-11(7)13)12(15)14-6-9-4-3-8(2)16-9/h3-5H,6H2,1-2H3,(H,14,15). The smallest absolute Gasteiger partial charge is 0.261 e. The van der Waals surface area contributed by atoms with Crippen LogP contribution in [0.2, 0.25) is 0 Å². The van der Waals surface area contributed by atoms with Crippen LogP contribution in [0.1, 0.15) is 26.8 Å². The van der Waals surface area contributed by atoms with E-state index in [9.17, 15) is 4.79 Å². The van der Waals surface area contributed by atoms with Gasteiger partial charge in [0.2, 0.25) is 0 Å². The molecule has 0 radical (unpaired) electrons. The minimum atomic E-state index is -0.0714. The number of rotatable bonds is 3. The Morgan fingerprint density at radius 1 is 1.47 bits per heavy atom. The van der Waals surface area contributed by atoms with Crippen LogP contribution in [0.25, 0.3) is 0 Å². The van der Waals surface area contributed by atoms with Crippen LogP contribution < -0.4 is 5.32 Å². The number of amides is 1. The van der Waals surface area contributed by atoms with Gasteiger partial charge in [0.1, 0.15) is 11.5 Å². The molecule has 1 N–H and O–H groups in total. The maximum atomic E-state index is 11.8. The molecular weight excluding hydrogens is 302 g/mol. The molecule has 0 saturated carbocycles. The van der Waals surface area contributed by atoms with Crippen molar-refractivity contribution in [1.29, 1.82) is 0 Å². The van der Waals surface area contributed by atoms with E-state index in [1.165, 1.54) is 11.3 Å². The van der Waals surface area contributed by atoms with Crippen LogP contribution in [0.3, 0.4) is 0 Å². The number of carbonyl (C=O) groups excluding carboxylic acids is 1. The minimum absolute atomic E-state index is 0.0714. The highest BCUT2D eigenvalue weighted by atomic mass is 79.9. The lowest BCUT2D eigenvalue weighted by Crippen LogP contribution is -2.21. The van der Waals surface area contributed by atoms with E-state index in [-0.39, 0.29) is 5.91 Å². The predicted octanol–water partition coefficient (Wildman–Crippen LogP) is 3.65. The lowest BCUT2D eigenvalue weighted by Gasteiger charge is -2.00. The highest BCUT2D eigenvalue weighted by Crippen LogP contribution is 2.27. The molecule has 0 unspecified atom stereocenters. The molecule has 0 aromatic carbocycles. The van der Waals surface area contributed by atoms with Gasteiger partial charge in [-0.2, -0.15) is 0 Å². The van der Waals surface area contributed by atoms with Gasteiger partial charge in [-0.25, -0.2) is 0 Å². The van der Waals surface area contributed by atoms with Crippen molar-refractivity contribution in [2.24, 2.45) is 0 Å². The zero-order chi connectivity index (χ0) is 12.4. The molecule has 0 atom stereocenters. The molecule has 2 rings (SSSR count). The average Bonchev–Trinajstić information content (AvgIpc) is 2.83. The first-order valence-electron chi connectivity index (χ1n) is 5.15. The first-order chi connectivity index (χ1) is 8.06. The third-order valence-electron chi connectivity index (χ3n) is 2.30. The summed E-state index contributed by atoms with van der Waals surface area (Å²) in [4.78, 5) is 12.5. The normalized spacial score (nSPS) is 10.5. The van der Waals surface area contributed by atoms with E-state index in [1.54, 1.807) is 0 Å². The van der Waals surface area contributed by atoms with Crippen LogP contribution in [-0.4, -0.2) is 5.91 Å². The number of hydrogen-bond donors (Lipinski definition) is 1. The van der Waals surface area contributed by atoms with Crippen molar-refractivity contribution in [2.45, 2.75) is 20.4 Å². The van der Waals surface area contributed by atoms with E-state index in [1.807, 2.05) is 32.0 Å². The summed E-state index contributed by atoms with van der Waals surface area (Å²) >= 11 is 4.84. The maximum absolute atomic E-state index is 11.8. The second kappa shape index (κ2) is 5.06. The van der Waals surface area contributed by atoms with Gasteiger partial charge >= 0.3 is 0 Å². The summed E-state index contributed by atoms with van der Waals surface area (Å²) in [6.45, 7) is 4.26. The van der Waals surface area contributed by atoms with Gasteiger partial charge < -0.3 is 9.73 Å². The summed E-state index contributed by atoms with van der Waals surface area (Å²) in [5.41, 5.74) is 1.08. The highest BCUT2D eigenvalue weighted by molar-refractivity contribution is 9.11. The fourth-order valence-corrected chi connectivity index (χ4v) is 2.86. The quantitative estimate of drug-likeness (QED) is 0.939. The molecule has 0 aliphatic rings. The average molecular weight is 314 g/mol. The van der Waals surface area contributed by atoms with Gasteiger partial charge in [0.15, 0.2) is 0 Å². The van der Waals surface area contributed by atoms with E-state index in [4.69, 9.17) is 4.42 Å². The summed E-state index contributed by atoms with van der Waals surface area (Å²) in [5, 5.41) is 2.83. The van der Waals surface area contributed by atoms with Crippen molar-refractivity contribution >= 4 is 33.2 Å². The first kappa shape index (κ1) is 12.4. The highest BCUT2D eigenvalue weighted by Gasteiger charge is 2.11. The van der Waals surface area contributed by atoms with Crippen LogP contribution in [0, 0.1) is 13.8 Å². The topological polar surface area (TPSA) is 42.2 Å². The first-order valence-corrected chi connectivity index (χ1v) is 6.76. The molecule has 0 aliphatic heterocycles. The van der Waals surface area contributed by atoms with Crippen molar-refractivity contribution in [3.8, 4) is 0 Å². The van der Waals surface area contributed by atoms with Crippen molar-refractivity contribution in [1.82, 2.24) is 5.32 Å². The summed E-state index contributed by atoms with van der Waals surface area (Å²) in [5.74, 6) is 1.55. The zero-order valence-electron chi connectivity index (χ0n) is 9.54. The van der Waals surface area contributed by atoms with E-state index < -0.39 is 0 Å². The molecule has 1 amide bonds. The molecule has 0 saturated heterocycles. The number of carbonyl (C=O) groups is 1. The Labute approximate surface area is 112 Å². The Morgan fingerprint density at radius 3 is 2.76 bits per heavy atom. The SMILES string of the molecule is Cc1ccc(CNC(=O)c2cc(C)c(Br)s2)o1. The third kappa shape index (κ3) is 2.98. The zero-order valence-corrected chi connectivity index (χ0v) is 11.9. The molecule has 2 aromatic heterocycles. The number of hydrogen-bond acceptors (Lipinski definition) is 3. The van der Waals surface area contributed by atoms with Crippen LogP contribution in [0.5, 0.6) is 0 Å². The Balaban J connectivity index is 1.98. The van der Waals surface area contributed by atoms with Crippen LogP contribution in [-0.2, 0) is 6.54 Å². The number of halogens is 1. The second-order valence-corrected chi connectivity index (χ2v) is 6.13. The largest absolute Gasteiger partial charge is 0.465 e. The Bertz CT molecular complexity index is 525. The molecule has 5 heteroatoms. The van der Waals surface area contributed by atoms with Gasteiger partial charge in [-0.1, -0.05) is 0 Å². The van der Waals surface area contributed by atoms with Crippen molar-refractivity contribution in [3.05, 3.63) is 43.9 Å². The van der Waals surface area contributed by atoms with E-state index in [0.29, 0.717) is 11.4 Å². The fraction of sp³-hybridized carbons (Fsp3) is 0.250. The van der Waals surface area contributed by atoms with Gasteiger partial charge in [-0.05, 0) is 53.5 Å². The predicted molar refractivity (Wildman–Crippen MR) is 71.4 cm³/mol. The fourth-order valence-electron chi connectivity index (χ4n) is 1.41. The molecule has 17 heavy (non-hydrogen) atoms. The van der Waals surface area contributed by atoms with Crippen molar-refractivity contribution < 1.29 is 9.21 Å². The molecule has 0 aliphatic carbocycles. The number of thiophene rings is 1. The molecule has 2 aromatic rings. The monoisotopic (exact) mass is 313 g/mol. The van der Waals surface area contributed by atoms with Crippen LogP contribution in [0.4, 0.5) is 0 Å². The van der Waals surface area contributed by atoms with Crippen molar-refractivity contribution in [3.63, 3.8) is 0 Å². The lowest BCUT2D eigenvalue weighted by molar-refractivity contribution is 0.0952. The van der Waals surface area contributed by atoms with Gasteiger partial charge in [0.25, 0.3) is 5.91 Å². The van der Waals surface area contributed by atoms with E-state index in [2.05, 4.69) is 21.2 Å². The Kier molecular flexibility index (Phi) is 3.69. The van der Waals surface area contributed by atoms with Crippen LogP contribution >= 0.6 is 27.3 Å². The van der Waals surface area contributed by atoms with Gasteiger partial charge in [0, 0.05) is 0 Å². The molecule has 0 spiro atoms. The summed E-state index contributed by atoms with van der Waals surface area (Å²) in [7, 11) is 0. The number of aryl methyl sites for hydroxylation is 2. The lowest BCUT2D eigenvalue weighted by atomic mass is 10.3. The molecular formula is C12H12BrNO2S. The van der Waals surface area contributed by atoms with Crippen LogP contribution in [0.15, 0.2) is 26.4 Å². The number of furan rings is 1. The summed E-state index contributed by atoms with van der Waals surface area (Å²) in [6, 6.07) is 5.62. The van der Waals surface area contributed by atoms with E-state index >= 15 is 0 Å². The minimum Gasteiger partial charge on any atom is -0.465 e. The third-order valence-corrected chi connectivity index (χ3v) is 4.44. The Morgan fingerprint density at radius 2 is 2.24 bits per heavy atom. The maximum Gasteiger partial charge on any atom is 0.261 e. The molecule has 3 nitrogen and oxygen atoms in total. The second-order valence-electron chi connectivity index (χ2n) is 3.76. The molecule has 0 fully saturated rings.